The van der Waals surface area contributed by atoms with Gasteiger partial charge in [0, 0.05) is 6.08 Å². The molecular weight excluding hydrogens is 172 g/mol. The molecule has 2 N–H and O–H groups in total. The first kappa shape index (κ1) is 11.4. The molecule has 0 aromatic heterocycles. The largest absolute Gasteiger partial charge is 0.478 e. The Morgan fingerprint density at radius 1 is 1.38 bits per heavy atom. The molecule has 0 saturated heterocycles. The Morgan fingerprint density at radius 2 is 1.92 bits per heavy atom. The van der Waals surface area contributed by atoms with Crippen LogP contribution >= 0.6 is 0 Å². The molecule has 1 atom stereocenters. The van der Waals surface area contributed by atoms with E-state index in [9.17, 15) is 9.59 Å². The first-order valence-electron chi connectivity index (χ1n) is 3.58. The number of carboxylic acid groups (broad SMARTS) is 1. The molecule has 0 fully saturated rings. The zero-order valence-electron chi connectivity index (χ0n) is 7.10. The molecule has 0 spiro atoms. The van der Waals surface area contributed by atoms with Gasteiger partial charge < -0.3 is 10.2 Å². The van der Waals surface area contributed by atoms with Gasteiger partial charge >= 0.3 is 5.97 Å². The summed E-state index contributed by atoms with van der Waals surface area (Å²) < 4.78 is 0. The van der Waals surface area contributed by atoms with Gasteiger partial charge in [0.15, 0.2) is 0 Å². The highest BCUT2D eigenvalue weighted by atomic mass is 16.4. The molecule has 0 aromatic carbocycles. The molecule has 1 unspecified atom stereocenters. The standard InChI is InChI=1S/C9H10O4/c1-7(11)8(6-10)4-2-3-5-9(12)13/h2-5,7,11H,1H3,(H,12,13). The third-order valence-electron chi connectivity index (χ3n) is 1.19. The van der Waals surface area contributed by atoms with Crippen molar-refractivity contribution in [2.24, 2.45) is 0 Å². The maximum absolute atomic E-state index is 10.2. The van der Waals surface area contributed by atoms with E-state index < -0.39 is 12.1 Å². The van der Waals surface area contributed by atoms with Crippen LogP contribution in [0, 0.1) is 0 Å². The number of aliphatic hydroxyl groups is 1. The van der Waals surface area contributed by atoms with Gasteiger partial charge in [0.1, 0.15) is 5.94 Å². The van der Waals surface area contributed by atoms with Crippen LogP contribution in [0.25, 0.3) is 0 Å². The Balaban J connectivity index is 4.27. The molecule has 0 bridgehead atoms. The van der Waals surface area contributed by atoms with Crippen LogP contribution in [0.15, 0.2) is 29.9 Å². The Labute approximate surface area is 75.5 Å². The smallest absolute Gasteiger partial charge is 0.328 e. The molecule has 4 heteroatoms. The van der Waals surface area contributed by atoms with Crippen LogP contribution in [0.2, 0.25) is 0 Å². The molecule has 0 aromatic rings. The van der Waals surface area contributed by atoms with Crippen molar-refractivity contribution in [3.8, 4) is 0 Å². The number of carboxylic acids is 1. The number of aliphatic hydroxyl groups excluding tert-OH is 1. The first-order valence-corrected chi connectivity index (χ1v) is 3.58. The molecule has 0 amide bonds. The quantitative estimate of drug-likeness (QED) is 0.373. The van der Waals surface area contributed by atoms with Gasteiger partial charge in [-0.05, 0) is 13.0 Å². The summed E-state index contributed by atoms with van der Waals surface area (Å²) in [6, 6.07) is 0. The van der Waals surface area contributed by atoms with E-state index in [0.717, 1.165) is 6.08 Å². The SMILES string of the molecule is CC(O)C(=C=O)C=CC=CC(=O)O. The lowest BCUT2D eigenvalue weighted by atomic mass is 10.2. The fourth-order valence-electron chi connectivity index (χ4n) is 0.556. The van der Waals surface area contributed by atoms with Crippen LogP contribution in [-0.2, 0) is 9.59 Å². The third kappa shape index (κ3) is 5.61. The van der Waals surface area contributed by atoms with E-state index in [4.69, 9.17) is 10.2 Å². The molecule has 13 heavy (non-hydrogen) atoms. The minimum Gasteiger partial charge on any atom is -0.478 e. The van der Waals surface area contributed by atoms with E-state index >= 15 is 0 Å². The van der Waals surface area contributed by atoms with E-state index in [1.807, 2.05) is 0 Å². The normalized spacial score (nSPS) is 13.1. The van der Waals surface area contributed by atoms with Gasteiger partial charge in [0.05, 0.1) is 11.7 Å². The summed E-state index contributed by atoms with van der Waals surface area (Å²) in [5, 5.41) is 17.1. The zero-order chi connectivity index (χ0) is 10.3. The van der Waals surface area contributed by atoms with E-state index in [0.29, 0.717) is 0 Å². The van der Waals surface area contributed by atoms with Crippen molar-refractivity contribution < 1.29 is 19.8 Å². The third-order valence-corrected chi connectivity index (χ3v) is 1.19. The van der Waals surface area contributed by atoms with E-state index in [2.05, 4.69) is 0 Å². The lowest BCUT2D eigenvalue weighted by molar-refractivity contribution is -0.131. The number of aliphatic carboxylic acids is 1. The van der Waals surface area contributed by atoms with Crippen molar-refractivity contribution in [1.82, 2.24) is 0 Å². The first-order chi connectivity index (χ1) is 6.07. The summed E-state index contributed by atoms with van der Waals surface area (Å²) in [5.74, 6) is 0.467. The van der Waals surface area contributed by atoms with Gasteiger partial charge in [-0.2, -0.15) is 0 Å². The lowest BCUT2D eigenvalue weighted by Gasteiger charge is -1.97. The Morgan fingerprint density at radius 3 is 2.31 bits per heavy atom. The predicted octanol–water partition coefficient (Wildman–Crippen LogP) is 0.322. The maximum Gasteiger partial charge on any atom is 0.328 e. The van der Waals surface area contributed by atoms with Crippen LogP contribution in [0.4, 0.5) is 0 Å². The monoisotopic (exact) mass is 182 g/mol. The number of allylic oxidation sites excluding steroid dienone is 2. The van der Waals surface area contributed by atoms with Crippen molar-refractivity contribution in [2.75, 3.05) is 0 Å². The minimum absolute atomic E-state index is 0.0787. The topological polar surface area (TPSA) is 74.6 Å². The minimum atomic E-state index is -1.07. The number of rotatable bonds is 4. The molecule has 0 heterocycles. The van der Waals surface area contributed by atoms with Gasteiger partial charge in [-0.15, -0.1) is 0 Å². The second-order valence-corrected chi connectivity index (χ2v) is 2.29. The van der Waals surface area contributed by atoms with Crippen LogP contribution in [0.3, 0.4) is 0 Å². The summed E-state index contributed by atoms with van der Waals surface area (Å²) >= 11 is 0. The molecule has 0 aliphatic rings. The van der Waals surface area contributed by atoms with Crippen molar-refractivity contribution in [3.05, 3.63) is 29.9 Å². The highest BCUT2D eigenvalue weighted by Gasteiger charge is 1.99. The molecule has 70 valence electrons. The highest BCUT2D eigenvalue weighted by molar-refractivity contribution is 5.80. The molecule has 0 rings (SSSR count). The Bertz CT molecular complexity index is 280. The summed E-state index contributed by atoms with van der Waals surface area (Å²) in [6.45, 7) is 1.42. The van der Waals surface area contributed by atoms with Crippen molar-refractivity contribution in [2.45, 2.75) is 13.0 Å². The van der Waals surface area contributed by atoms with Gasteiger partial charge in [-0.25, -0.2) is 9.59 Å². The average Bonchev–Trinajstić information content (AvgIpc) is 2.03. The van der Waals surface area contributed by atoms with Gasteiger partial charge in [0.2, 0.25) is 0 Å². The Hall–Kier alpha value is -1.64. The van der Waals surface area contributed by atoms with E-state index in [-0.39, 0.29) is 5.57 Å². The van der Waals surface area contributed by atoms with E-state index in [1.165, 1.54) is 31.1 Å². The summed E-state index contributed by atoms with van der Waals surface area (Å²) in [6.07, 6.45) is 3.92. The summed E-state index contributed by atoms with van der Waals surface area (Å²) in [5.41, 5.74) is 0.0787. The molecule has 0 saturated carbocycles. The fourth-order valence-corrected chi connectivity index (χ4v) is 0.556. The average molecular weight is 182 g/mol. The van der Waals surface area contributed by atoms with Crippen LogP contribution in [0.1, 0.15) is 6.92 Å². The fraction of sp³-hybridized carbons (Fsp3) is 0.222. The summed E-state index contributed by atoms with van der Waals surface area (Å²) in [4.78, 5) is 20.2. The zero-order valence-corrected chi connectivity index (χ0v) is 7.10. The number of hydrogen-bond donors (Lipinski definition) is 2. The van der Waals surface area contributed by atoms with Gasteiger partial charge in [-0.1, -0.05) is 12.2 Å². The second-order valence-electron chi connectivity index (χ2n) is 2.29. The van der Waals surface area contributed by atoms with Crippen LogP contribution in [0.5, 0.6) is 0 Å². The maximum atomic E-state index is 10.2. The summed E-state index contributed by atoms with van der Waals surface area (Å²) in [7, 11) is 0. The van der Waals surface area contributed by atoms with Gasteiger partial charge in [0.25, 0.3) is 0 Å². The van der Waals surface area contributed by atoms with Gasteiger partial charge in [-0.3, -0.25) is 0 Å². The highest BCUT2D eigenvalue weighted by Crippen LogP contribution is 1.98. The second kappa shape index (κ2) is 5.94. The number of carbonyl (C=O) groups excluding carboxylic acids is 1. The molecule has 4 nitrogen and oxygen atoms in total. The number of hydrogen-bond acceptors (Lipinski definition) is 3. The predicted molar refractivity (Wildman–Crippen MR) is 46.8 cm³/mol. The van der Waals surface area contributed by atoms with Crippen LogP contribution < -0.4 is 0 Å². The van der Waals surface area contributed by atoms with Crippen molar-refractivity contribution in [1.29, 1.82) is 0 Å². The van der Waals surface area contributed by atoms with E-state index in [1.54, 1.807) is 0 Å². The van der Waals surface area contributed by atoms with Crippen molar-refractivity contribution >= 4 is 11.9 Å². The Kier molecular flexibility index (Phi) is 5.19. The van der Waals surface area contributed by atoms with Crippen LogP contribution in [-0.4, -0.2) is 28.2 Å². The molecule has 0 aliphatic heterocycles. The lowest BCUT2D eigenvalue weighted by Crippen LogP contribution is -2.02. The van der Waals surface area contributed by atoms with Crippen molar-refractivity contribution in [3.63, 3.8) is 0 Å². The molecule has 0 radical (unpaired) electrons. The number of carbonyl (C=O) groups is 1. The molecule has 0 aliphatic carbocycles. The molecular formula is C9H10O4.